The van der Waals surface area contributed by atoms with Gasteiger partial charge in [-0.15, -0.1) is 0 Å². The number of rotatable bonds is 3. The van der Waals surface area contributed by atoms with Crippen LogP contribution in [0.5, 0.6) is 0 Å². The number of hydrogen-bond donors (Lipinski definition) is 1. The molecule has 0 atom stereocenters. The molecule has 0 fully saturated rings. The van der Waals surface area contributed by atoms with E-state index in [1.54, 1.807) is 42.5 Å². The number of nitrogens with zero attached hydrogens (tertiary/aromatic N) is 2. The van der Waals surface area contributed by atoms with E-state index in [4.69, 9.17) is 11.6 Å². The van der Waals surface area contributed by atoms with Crippen molar-refractivity contribution >= 4 is 34.0 Å². The summed E-state index contributed by atoms with van der Waals surface area (Å²) >= 11 is 5.91. The number of hydrogen-bond acceptors (Lipinski definition) is 3. The first-order valence-corrected chi connectivity index (χ1v) is 8.22. The van der Waals surface area contributed by atoms with Crippen molar-refractivity contribution in [1.82, 2.24) is 9.97 Å². The van der Waals surface area contributed by atoms with Gasteiger partial charge in [0.15, 0.2) is 5.82 Å². The minimum absolute atomic E-state index is 0.347. The van der Waals surface area contributed by atoms with Crippen LogP contribution in [0.25, 0.3) is 22.3 Å². The number of nitrogens with one attached hydrogen (secondary N) is 1. The van der Waals surface area contributed by atoms with Crippen LogP contribution in [0, 0.1) is 11.6 Å². The van der Waals surface area contributed by atoms with Crippen molar-refractivity contribution in [2.45, 2.75) is 0 Å². The first kappa shape index (κ1) is 16.4. The van der Waals surface area contributed by atoms with E-state index in [0.29, 0.717) is 33.1 Å². The van der Waals surface area contributed by atoms with Gasteiger partial charge in [0.2, 0.25) is 0 Å². The summed E-state index contributed by atoms with van der Waals surface area (Å²) in [5.41, 5.74) is 1.83. The molecule has 3 nitrogen and oxygen atoms in total. The van der Waals surface area contributed by atoms with Crippen molar-refractivity contribution < 1.29 is 8.78 Å². The highest BCUT2D eigenvalue weighted by Crippen LogP contribution is 2.28. The Bertz CT molecular complexity index is 1100. The van der Waals surface area contributed by atoms with Crippen molar-refractivity contribution in [2.75, 3.05) is 5.32 Å². The molecule has 1 heterocycles. The molecule has 1 N–H and O–H groups in total. The Balaban J connectivity index is 1.88. The fourth-order valence-electron chi connectivity index (χ4n) is 2.62. The quantitative estimate of drug-likeness (QED) is 0.484. The van der Waals surface area contributed by atoms with E-state index in [1.807, 2.05) is 0 Å². The van der Waals surface area contributed by atoms with Gasteiger partial charge in [0, 0.05) is 21.7 Å². The van der Waals surface area contributed by atoms with Gasteiger partial charge in [0.05, 0.1) is 5.52 Å². The van der Waals surface area contributed by atoms with Gasteiger partial charge >= 0.3 is 0 Å². The number of benzene rings is 3. The van der Waals surface area contributed by atoms with E-state index >= 15 is 0 Å². The Morgan fingerprint density at radius 3 is 2.35 bits per heavy atom. The number of halogens is 3. The maximum Gasteiger partial charge on any atom is 0.162 e. The monoisotopic (exact) mass is 367 g/mol. The highest BCUT2D eigenvalue weighted by molar-refractivity contribution is 6.30. The smallest absolute Gasteiger partial charge is 0.162 e. The normalized spacial score (nSPS) is 10.9. The maximum atomic E-state index is 13.7. The third-order valence-corrected chi connectivity index (χ3v) is 4.10. The van der Waals surface area contributed by atoms with Crippen LogP contribution in [0.3, 0.4) is 0 Å². The molecule has 0 spiro atoms. The van der Waals surface area contributed by atoms with Crippen LogP contribution in [0.15, 0.2) is 66.7 Å². The SMILES string of the molecule is Fc1cccc(-c2nc(Nc3ccc(Cl)cc3)c3cc(F)ccc3n2)c1. The summed E-state index contributed by atoms with van der Waals surface area (Å²) < 4.78 is 27.3. The first-order chi connectivity index (χ1) is 12.6. The second kappa shape index (κ2) is 6.69. The third-order valence-electron chi connectivity index (χ3n) is 3.85. The predicted octanol–water partition coefficient (Wildman–Crippen LogP) is 5.97. The molecule has 6 heteroatoms. The zero-order valence-corrected chi connectivity index (χ0v) is 14.1. The lowest BCUT2D eigenvalue weighted by Crippen LogP contribution is -2.00. The Morgan fingerprint density at radius 1 is 0.808 bits per heavy atom. The van der Waals surface area contributed by atoms with Gasteiger partial charge in [-0.25, -0.2) is 18.7 Å². The molecular formula is C20H12ClF2N3. The summed E-state index contributed by atoms with van der Waals surface area (Å²) in [6.45, 7) is 0. The zero-order chi connectivity index (χ0) is 18.1. The highest BCUT2D eigenvalue weighted by Gasteiger charge is 2.11. The Kier molecular flexibility index (Phi) is 4.22. The van der Waals surface area contributed by atoms with Crippen molar-refractivity contribution in [3.63, 3.8) is 0 Å². The van der Waals surface area contributed by atoms with Gasteiger partial charge in [0.25, 0.3) is 0 Å². The molecule has 4 rings (SSSR count). The largest absolute Gasteiger partial charge is 0.340 e. The first-order valence-electron chi connectivity index (χ1n) is 7.84. The van der Waals surface area contributed by atoms with E-state index in [1.165, 1.54) is 24.3 Å². The molecule has 128 valence electrons. The lowest BCUT2D eigenvalue weighted by molar-refractivity contribution is 0.628. The second-order valence-corrected chi connectivity index (χ2v) is 6.14. The summed E-state index contributed by atoms with van der Waals surface area (Å²) in [6.07, 6.45) is 0. The van der Waals surface area contributed by atoms with Crippen molar-refractivity contribution in [2.24, 2.45) is 0 Å². The van der Waals surface area contributed by atoms with Gasteiger partial charge in [-0.05, 0) is 54.6 Å². The van der Waals surface area contributed by atoms with Crippen LogP contribution in [0.4, 0.5) is 20.3 Å². The lowest BCUT2D eigenvalue weighted by Gasteiger charge is -2.11. The van der Waals surface area contributed by atoms with Crippen LogP contribution in [0.2, 0.25) is 5.02 Å². The molecule has 4 aromatic rings. The molecule has 3 aromatic carbocycles. The molecule has 0 saturated carbocycles. The van der Waals surface area contributed by atoms with Gasteiger partial charge in [-0.2, -0.15) is 0 Å². The molecule has 0 aliphatic heterocycles. The average molecular weight is 368 g/mol. The van der Waals surface area contributed by atoms with Crippen LogP contribution in [-0.4, -0.2) is 9.97 Å². The van der Waals surface area contributed by atoms with E-state index in [-0.39, 0.29) is 5.82 Å². The van der Waals surface area contributed by atoms with Crippen molar-refractivity contribution in [1.29, 1.82) is 0 Å². The Hall–Kier alpha value is -3.05. The minimum atomic E-state index is -0.390. The molecular weight excluding hydrogens is 356 g/mol. The van der Waals surface area contributed by atoms with Crippen molar-refractivity contribution in [3.8, 4) is 11.4 Å². The van der Waals surface area contributed by atoms with E-state index in [0.717, 1.165) is 5.69 Å². The zero-order valence-electron chi connectivity index (χ0n) is 13.4. The number of aromatic nitrogens is 2. The number of fused-ring (bicyclic) bond motifs is 1. The topological polar surface area (TPSA) is 37.8 Å². The van der Waals surface area contributed by atoms with E-state index in [9.17, 15) is 8.78 Å². The summed E-state index contributed by atoms with van der Waals surface area (Å²) in [5.74, 6) is 0.00688. The lowest BCUT2D eigenvalue weighted by atomic mass is 10.1. The highest BCUT2D eigenvalue weighted by atomic mass is 35.5. The van der Waals surface area contributed by atoms with Gasteiger partial charge < -0.3 is 5.32 Å². The Labute approximate surface area is 153 Å². The molecule has 0 saturated heterocycles. The van der Waals surface area contributed by atoms with Gasteiger partial charge in [0.1, 0.15) is 17.5 Å². The summed E-state index contributed by atoms with van der Waals surface area (Å²) in [7, 11) is 0. The predicted molar refractivity (Wildman–Crippen MR) is 99.6 cm³/mol. The van der Waals surface area contributed by atoms with Crippen LogP contribution in [0.1, 0.15) is 0 Å². The minimum Gasteiger partial charge on any atom is -0.340 e. The fraction of sp³-hybridized carbons (Fsp3) is 0. The molecule has 0 aliphatic carbocycles. The fourth-order valence-corrected chi connectivity index (χ4v) is 2.75. The standard InChI is InChI=1S/C20H12ClF2N3/c21-13-4-7-16(8-5-13)24-20-17-11-15(23)6-9-18(17)25-19(26-20)12-2-1-3-14(22)10-12/h1-11H,(H,24,25,26). The molecule has 0 aliphatic rings. The molecule has 26 heavy (non-hydrogen) atoms. The molecule has 0 unspecified atom stereocenters. The number of anilines is 2. The summed E-state index contributed by atoms with van der Waals surface area (Å²) in [5, 5.41) is 4.29. The van der Waals surface area contributed by atoms with Crippen molar-refractivity contribution in [3.05, 3.63) is 83.4 Å². The van der Waals surface area contributed by atoms with Gasteiger partial charge in [-0.1, -0.05) is 23.7 Å². The second-order valence-electron chi connectivity index (χ2n) is 5.70. The third kappa shape index (κ3) is 3.34. The van der Waals surface area contributed by atoms with Crippen LogP contribution in [-0.2, 0) is 0 Å². The van der Waals surface area contributed by atoms with E-state index in [2.05, 4.69) is 15.3 Å². The summed E-state index contributed by atoms with van der Waals surface area (Å²) in [6, 6.07) is 17.3. The maximum absolute atomic E-state index is 13.7. The van der Waals surface area contributed by atoms with Crippen LogP contribution >= 0.6 is 11.6 Å². The molecule has 0 radical (unpaired) electrons. The molecule has 0 amide bonds. The Morgan fingerprint density at radius 2 is 1.58 bits per heavy atom. The summed E-state index contributed by atoms with van der Waals surface area (Å²) in [4.78, 5) is 8.92. The van der Waals surface area contributed by atoms with E-state index < -0.39 is 5.82 Å². The molecule has 1 aromatic heterocycles. The molecule has 0 bridgehead atoms. The van der Waals surface area contributed by atoms with Crippen LogP contribution < -0.4 is 5.32 Å². The average Bonchev–Trinajstić information content (AvgIpc) is 2.64. The van der Waals surface area contributed by atoms with Gasteiger partial charge in [-0.3, -0.25) is 0 Å².